The third-order valence-corrected chi connectivity index (χ3v) is 15.6. The number of imidazole rings is 2. The minimum atomic E-state index is -3.35. The van der Waals surface area contributed by atoms with Crippen LogP contribution in [0.4, 0.5) is 0 Å². The molecule has 0 bridgehead atoms. The Morgan fingerprint density at radius 2 is 0.929 bits per heavy atom. The van der Waals surface area contributed by atoms with Gasteiger partial charge in [-0.2, -0.15) is 0 Å². The van der Waals surface area contributed by atoms with Gasteiger partial charge in [0.15, 0.2) is 44.1 Å². The van der Waals surface area contributed by atoms with Gasteiger partial charge in [0, 0.05) is 30.5 Å². The Balaban J connectivity index is 0.000000179. The summed E-state index contributed by atoms with van der Waals surface area (Å²) in [5, 5.41) is 11.0. The van der Waals surface area contributed by atoms with Gasteiger partial charge < -0.3 is 39.1 Å². The summed E-state index contributed by atoms with van der Waals surface area (Å²) in [7, 11) is 3.98. The standard InChI is InChI=1S/C26H29N5O5S.C24H24BrN5O3.C8H18N2.CH5NO2S/c1-5-36-22-11-6-8-17(27-22)25-30-24-26(31(25)23-20(34-2)9-7-10-21(23)35-3)29-19(15-37(4,32)33)18(28-24)14-16-12-13-16;1-4-33-19-10-5-7-15(26-19)23-29-22-24(28-21(25)16(27-22)13-14-11-12-14)30(23)20-17(31-2)8-6-9-18(20)32-3;1-9-7-5-3-4-6-8(7)10-2;1-5(2,3)4/h6-11,16H,5,12-15H2,1-4H3;5-10,14H,4,11-13H2,1-3H3;7-10H,3-6H2,1-2H3;1H3,(H2,2,3,4)/t;;7-,8-;/m..1./s1. The van der Waals surface area contributed by atoms with Crippen LogP contribution in [0.2, 0.25) is 0 Å². The van der Waals surface area contributed by atoms with Gasteiger partial charge in [0.1, 0.15) is 50.4 Å². The van der Waals surface area contributed by atoms with Crippen LogP contribution in [0.25, 0.3) is 57.0 Å². The molecule has 11 rings (SSSR count). The lowest BCUT2D eigenvalue weighted by Gasteiger charge is -2.30. The number of hydrogen-bond acceptors (Lipinski definition) is 20. The van der Waals surface area contributed by atoms with Crippen molar-refractivity contribution in [3.63, 3.8) is 0 Å². The molecule has 0 saturated heterocycles. The highest BCUT2D eigenvalue weighted by atomic mass is 79.9. The van der Waals surface area contributed by atoms with E-state index in [9.17, 15) is 16.8 Å². The molecule has 3 saturated carbocycles. The molecule has 0 spiro atoms. The predicted octanol–water partition coefficient (Wildman–Crippen LogP) is 8.44. The van der Waals surface area contributed by atoms with E-state index in [-0.39, 0.29) is 5.75 Å². The van der Waals surface area contributed by atoms with Gasteiger partial charge in [0.25, 0.3) is 0 Å². The van der Waals surface area contributed by atoms with Crippen LogP contribution in [-0.4, -0.2) is 146 Å². The number of nitrogens with one attached hydrogen (secondary N) is 2. The molecule has 0 radical (unpaired) electrons. The normalized spacial score (nSPS) is 15.8. The number of sulfonamides is 1. The van der Waals surface area contributed by atoms with Gasteiger partial charge in [0.05, 0.1) is 70.7 Å². The number of para-hydroxylation sites is 2. The highest BCUT2D eigenvalue weighted by molar-refractivity contribution is 9.10. The van der Waals surface area contributed by atoms with Crippen LogP contribution in [0, 0.1) is 11.8 Å². The smallest absolute Gasteiger partial charge is 0.213 e. The molecule has 456 valence electrons. The van der Waals surface area contributed by atoms with Gasteiger partial charge in [-0.3, -0.25) is 9.13 Å². The number of fused-ring (bicyclic) bond motifs is 2. The van der Waals surface area contributed by atoms with E-state index in [1.165, 1.54) is 44.8 Å². The minimum Gasteiger partial charge on any atom is -0.494 e. The number of primary sulfonamides is 1. The summed E-state index contributed by atoms with van der Waals surface area (Å²) in [6.45, 7) is 4.81. The van der Waals surface area contributed by atoms with Crippen LogP contribution < -0.4 is 44.2 Å². The molecule has 8 aromatic rings. The van der Waals surface area contributed by atoms with Crippen molar-refractivity contribution in [2.45, 2.75) is 95.9 Å². The molecule has 26 heteroatoms. The van der Waals surface area contributed by atoms with Gasteiger partial charge in [-0.25, -0.2) is 61.8 Å². The topological polar surface area (TPSA) is 287 Å². The second-order valence-corrected chi connectivity index (χ2v) is 25.3. The zero-order valence-corrected chi connectivity index (χ0v) is 53.0. The number of pyridine rings is 2. The van der Waals surface area contributed by atoms with Crippen molar-refractivity contribution in [2.24, 2.45) is 17.0 Å². The van der Waals surface area contributed by atoms with E-state index >= 15 is 0 Å². The molecule has 0 aliphatic heterocycles. The zero-order valence-electron chi connectivity index (χ0n) is 49.8. The Bertz CT molecular complexity index is 3760. The summed E-state index contributed by atoms with van der Waals surface area (Å²) in [6, 6.07) is 23.5. The molecule has 85 heavy (non-hydrogen) atoms. The zero-order chi connectivity index (χ0) is 61.0. The average Bonchev–Trinajstić information content (AvgIpc) is 1.76. The third-order valence-electron chi connectivity index (χ3n) is 14.2. The SMILES string of the molecule is CCOc1cccc(-c2nc3nc(CC4CC4)c(Br)nc3n2-c2c(OC)cccc2OC)n1.CCOc1cccc(-c2nc3nc(CC4CC4)c(CS(C)(=O)=O)nc3n2-c2c(OC)cccc2OC)n1.CN[C@@H]1CCCC[C@H]1NC.CS(N)(=O)=O. The Morgan fingerprint density at radius 3 is 1.31 bits per heavy atom. The number of hydrogen-bond donors (Lipinski definition) is 3. The number of methoxy groups -OCH3 is 4. The fourth-order valence-electron chi connectivity index (χ4n) is 9.94. The summed E-state index contributed by atoms with van der Waals surface area (Å²) < 4.78 is 81.9. The number of nitrogens with zero attached hydrogens (tertiary/aromatic N) is 10. The van der Waals surface area contributed by atoms with Gasteiger partial charge >= 0.3 is 0 Å². The number of sulfone groups is 1. The van der Waals surface area contributed by atoms with E-state index in [0.29, 0.717) is 147 Å². The highest BCUT2D eigenvalue weighted by Crippen LogP contribution is 2.42. The fraction of sp³-hybridized carbons (Fsp3) is 0.458. The Hall–Kier alpha value is -7.10. The maximum atomic E-state index is 12.3. The molecule has 2 aromatic carbocycles. The number of ether oxygens (including phenoxy) is 6. The van der Waals surface area contributed by atoms with Crippen molar-refractivity contribution in [2.75, 3.05) is 68.3 Å². The molecule has 6 heterocycles. The van der Waals surface area contributed by atoms with E-state index in [4.69, 9.17) is 58.3 Å². The molecule has 3 aliphatic rings. The van der Waals surface area contributed by atoms with Crippen LogP contribution in [0.15, 0.2) is 77.4 Å². The first-order chi connectivity index (χ1) is 40.8. The lowest BCUT2D eigenvalue weighted by atomic mass is 9.91. The largest absolute Gasteiger partial charge is 0.494 e. The maximum Gasteiger partial charge on any atom is 0.213 e. The van der Waals surface area contributed by atoms with Gasteiger partial charge in [-0.05, 0) is 143 Å². The summed E-state index contributed by atoms with van der Waals surface area (Å²) in [4.78, 5) is 38.5. The predicted molar refractivity (Wildman–Crippen MR) is 331 cm³/mol. The van der Waals surface area contributed by atoms with E-state index < -0.39 is 19.9 Å². The number of likely N-dealkylation sites (N-methyl/N-ethyl adjacent to an activating group) is 2. The number of nitrogens with two attached hydrogens (primary N) is 1. The van der Waals surface area contributed by atoms with Crippen molar-refractivity contribution < 1.29 is 45.3 Å². The second kappa shape index (κ2) is 28.9. The average molecular weight is 1270 g/mol. The van der Waals surface area contributed by atoms with Gasteiger partial charge in [-0.1, -0.05) is 37.1 Å². The van der Waals surface area contributed by atoms with E-state index in [2.05, 4.69) is 55.8 Å². The lowest BCUT2D eigenvalue weighted by molar-refractivity contribution is 0.309. The number of benzene rings is 2. The molecule has 4 N–H and O–H groups in total. The van der Waals surface area contributed by atoms with Crippen LogP contribution in [0.5, 0.6) is 34.8 Å². The second-order valence-electron chi connectivity index (χ2n) is 20.8. The first-order valence-corrected chi connectivity index (χ1v) is 33.0. The number of rotatable bonds is 20. The molecule has 2 atom stereocenters. The Morgan fingerprint density at radius 1 is 0.541 bits per heavy atom. The van der Waals surface area contributed by atoms with E-state index in [1.807, 2.05) is 85.1 Å². The van der Waals surface area contributed by atoms with Crippen molar-refractivity contribution in [1.29, 1.82) is 0 Å². The highest BCUT2D eigenvalue weighted by Gasteiger charge is 2.31. The lowest BCUT2D eigenvalue weighted by Crippen LogP contribution is -2.47. The molecule has 23 nitrogen and oxygen atoms in total. The van der Waals surface area contributed by atoms with Crippen molar-refractivity contribution in [1.82, 2.24) is 59.6 Å². The summed E-state index contributed by atoms with van der Waals surface area (Å²) >= 11 is 3.64. The molecule has 0 amide bonds. The molecule has 3 aliphatic carbocycles. The maximum absolute atomic E-state index is 12.3. The third kappa shape index (κ3) is 16.7. The first-order valence-electron chi connectivity index (χ1n) is 28.2. The Labute approximate surface area is 505 Å². The summed E-state index contributed by atoms with van der Waals surface area (Å²) in [5.74, 6) is 5.25. The summed E-state index contributed by atoms with van der Waals surface area (Å²) in [5.41, 5.74) is 6.33. The van der Waals surface area contributed by atoms with Crippen LogP contribution >= 0.6 is 15.9 Å². The molecule has 6 aromatic heterocycles. The van der Waals surface area contributed by atoms with Crippen LogP contribution in [0.1, 0.15) is 82.3 Å². The van der Waals surface area contributed by atoms with Gasteiger partial charge in [0.2, 0.25) is 21.8 Å². The van der Waals surface area contributed by atoms with E-state index in [0.717, 1.165) is 35.8 Å². The monoisotopic (exact) mass is 1270 g/mol. The van der Waals surface area contributed by atoms with Crippen molar-refractivity contribution >= 4 is 58.4 Å². The molecular formula is C59H76BrN13O10S2. The number of aromatic nitrogens is 10. The minimum absolute atomic E-state index is 0.209. The summed E-state index contributed by atoms with van der Waals surface area (Å²) in [6.07, 6.45) is 13.8. The quantitative estimate of drug-likeness (QED) is 0.0645. The number of halogens is 1. The molecule has 3 fully saturated rings. The van der Waals surface area contributed by atoms with Gasteiger partial charge in [-0.15, -0.1) is 0 Å². The van der Waals surface area contributed by atoms with Crippen molar-refractivity contribution in [3.8, 4) is 69.2 Å². The first kappa shape index (κ1) is 63.9. The Kier molecular flexibility index (Phi) is 21.7. The van der Waals surface area contributed by atoms with Crippen LogP contribution in [0.3, 0.4) is 0 Å². The van der Waals surface area contributed by atoms with E-state index in [1.54, 1.807) is 39.1 Å². The molecular weight excluding hydrogens is 1190 g/mol. The fourth-order valence-corrected chi connectivity index (χ4v) is 11.1. The molecule has 0 unspecified atom stereocenters. The van der Waals surface area contributed by atoms with Crippen LogP contribution in [-0.2, 0) is 38.5 Å². The van der Waals surface area contributed by atoms with Crippen molar-refractivity contribution in [3.05, 3.63) is 94.5 Å².